The normalized spacial score (nSPS) is 16.5. The zero-order chi connectivity index (χ0) is 21.3. The number of nitrogens with one attached hydrogen (secondary N) is 1. The third kappa shape index (κ3) is 4.44. The molecule has 0 bridgehead atoms. The topological polar surface area (TPSA) is 71.0 Å². The van der Waals surface area contributed by atoms with Gasteiger partial charge in [0.1, 0.15) is 11.6 Å². The van der Waals surface area contributed by atoms with Crippen molar-refractivity contribution >= 4 is 39.8 Å². The first-order chi connectivity index (χ1) is 14.4. The second kappa shape index (κ2) is 8.65. The summed E-state index contributed by atoms with van der Waals surface area (Å²) in [4.78, 5) is 29.2. The van der Waals surface area contributed by atoms with E-state index in [-0.39, 0.29) is 22.4 Å². The van der Waals surface area contributed by atoms with E-state index in [1.807, 2.05) is 26.1 Å². The number of hydrogen-bond donors (Lipinski definition) is 1. The molecule has 1 amide bonds. The van der Waals surface area contributed by atoms with Crippen LogP contribution in [0.25, 0.3) is 0 Å². The molecule has 3 heterocycles. The van der Waals surface area contributed by atoms with Crippen LogP contribution in [0.1, 0.15) is 45.5 Å². The monoisotopic (exact) mass is 445 g/mol. The average molecular weight is 446 g/mol. The maximum Gasteiger partial charge on any atom is 0.256 e. The molecule has 156 valence electrons. The molecule has 1 N–H and O–H groups in total. The quantitative estimate of drug-likeness (QED) is 0.604. The number of carbonyl (C=O) groups excluding carboxylic acids is 1. The van der Waals surface area contributed by atoms with Gasteiger partial charge >= 0.3 is 0 Å². The Kier molecular flexibility index (Phi) is 5.97. The van der Waals surface area contributed by atoms with E-state index in [2.05, 4.69) is 20.3 Å². The van der Waals surface area contributed by atoms with Gasteiger partial charge < -0.3 is 10.2 Å². The van der Waals surface area contributed by atoms with Gasteiger partial charge in [-0.15, -0.1) is 11.3 Å². The summed E-state index contributed by atoms with van der Waals surface area (Å²) >= 11 is 7.40. The number of amides is 1. The third-order valence-corrected chi connectivity index (χ3v) is 6.10. The first-order valence-electron chi connectivity index (χ1n) is 9.69. The predicted octanol–water partition coefficient (Wildman–Crippen LogP) is 5.11. The Morgan fingerprint density at radius 2 is 2.17 bits per heavy atom. The van der Waals surface area contributed by atoms with Gasteiger partial charge in [-0.2, -0.15) is 0 Å². The molecule has 1 saturated heterocycles. The van der Waals surface area contributed by atoms with Crippen LogP contribution in [0.4, 0.5) is 15.3 Å². The first kappa shape index (κ1) is 20.7. The van der Waals surface area contributed by atoms with Gasteiger partial charge in [-0.3, -0.25) is 4.79 Å². The van der Waals surface area contributed by atoms with E-state index in [0.717, 1.165) is 28.5 Å². The molecule has 1 fully saturated rings. The van der Waals surface area contributed by atoms with Crippen LogP contribution in [0.2, 0.25) is 5.02 Å². The van der Waals surface area contributed by atoms with Gasteiger partial charge in [-0.05, 0) is 38.8 Å². The summed E-state index contributed by atoms with van der Waals surface area (Å²) in [5.74, 6) is 0.293. The molecule has 0 spiro atoms. The molecule has 1 aromatic carbocycles. The molecule has 1 aliphatic heterocycles. The Labute approximate surface area is 183 Å². The van der Waals surface area contributed by atoms with Gasteiger partial charge in [0.05, 0.1) is 10.6 Å². The summed E-state index contributed by atoms with van der Waals surface area (Å²) in [6.45, 7) is 4.91. The van der Waals surface area contributed by atoms with Gasteiger partial charge in [-0.1, -0.05) is 17.7 Å². The number of aromatic nitrogens is 3. The molecule has 4 rings (SSSR count). The third-order valence-electron chi connectivity index (χ3n) is 4.98. The summed E-state index contributed by atoms with van der Waals surface area (Å²) in [6.07, 6.45) is 3.47. The van der Waals surface area contributed by atoms with Crippen LogP contribution in [-0.2, 0) is 0 Å². The Bertz CT molecular complexity index is 1090. The molecule has 1 aliphatic rings. The van der Waals surface area contributed by atoms with Crippen LogP contribution in [-0.4, -0.2) is 38.8 Å². The van der Waals surface area contributed by atoms with E-state index in [1.54, 1.807) is 22.3 Å². The number of halogens is 2. The van der Waals surface area contributed by atoms with Gasteiger partial charge in [0.25, 0.3) is 5.91 Å². The van der Waals surface area contributed by atoms with Crippen molar-refractivity contribution in [2.24, 2.45) is 0 Å². The van der Waals surface area contributed by atoms with Crippen LogP contribution >= 0.6 is 22.9 Å². The average Bonchev–Trinajstić information content (AvgIpc) is 3.13. The molecular weight excluding hydrogens is 425 g/mol. The first-order valence-corrected chi connectivity index (χ1v) is 10.9. The number of carbonyl (C=O) groups is 1. The van der Waals surface area contributed by atoms with Crippen LogP contribution in [0.5, 0.6) is 0 Å². The van der Waals surface area contributed by atoms with Gasteiger partial charge in [0, 0.05) is 41.8 Å². The lowest BCUT2D eigenvalue weighted by atomic mass is 9.96. The van der Waals surface area contributed by atoms with Gasteiger partial charge in [0.2, 0.25) is 0 Å². The lowest BCUT2D eigenvalue weighted by molar-refractivity contribution is 0.0700. The summed E-state index contributed by atoms with van der Waals surface area (Å²) in [6, 6.07) is 6.36. The summed E-state index contributed by atoms with van der Waals surface area (Å²) in [7, 11) is 0. The molecular formula is C21H21ClFN5OS. The highest BCUT2D eigenvalue weighted by molar-refractivity contribution is 7.15. The van der Waals surface area contributed by atoms with E-state index in [1.165, 1.54) is 12.1 Å². The number of benzene rings is 1. The van der Waals surface area contributed by atoms with E-state index in [9.17, 15) is 9.18 Å². The molecule has 30 heavy (non-hydrogen) atoms. The fraction of sp³-hybridized carbons (Fsp3) is 0.333. The molecule has 9 heteroatoms. The molecule has 3 aromatic rings. The largest absolute Gasteiger partial charge is 0.338 e. The number of hydrogen-bond acceptors (Lipinski definition) is 6. The molecule has 0 saturated carbocycles. The van der Waals surface area contributed by atoms with Crippen molar-refractivity contribution in [2.45, 2.75) is 32.6 Å². The van der Waals surface area contributed by atoms with E-state index < -0.39 is 5.82 Å². The van der Waals surface area contributed by atoms with Crippen molar-refractivity contribution in [3.8, 4) is 0 Å². The Morgan fingerprint density at radius 3 is 2.93 bits per heavy atom. The second-order valence-electron chi connectivity index (χ2n) is 7.35. The lowest BCUT2D eigenvalue weighted by Crippen LogP contribution is -2.40. The van der Waals surface area contributed by atoms with Gasteiger partial charge in [-0.25, -0.2) is 19.3 Å². The smallest absolute Gasteiger partial charge is 0.256 e. The standard InChI is InChI=1S/C21H21ClFN5OS/c1-12-9-17(27-21-24-10-13(2)30-21)26-19(25-12)14-5-4-8-28(11-14)20(29)15-6-3-7-16(22)18(15)23/h3,6-7,9-10,14H,4-5,8,11H2,1-2H3,(H,24,25,26,27). The highest BCUT2D eigenvalue weighted by atomic mass is 35.5. The number of aryl methyl sites for hydroxylation is 2. The molecule has 1 unspecified atom stereocenters. The van der Waals surface area contributed by atoms with Crippen molar-refractivity contribution in [2.75, 3.05) is 18.4 Å². The molecule has 0 radical (unpaired) electrons. The maximum atomic E-state index is 14.3. The van der Waals surface area contributed by atoms with E-state index >= 15 is 0 Å². The highest BCUT2D eigenvalue weighted by Crippen LogP contribution is 2.29. The van der Waals surface area contributed by atoms with Gasteiger partial charge in [0.15, 0.2) is 10.9 Å². The van der Waals surface area contributed by atoms with Crippen molar-refractivity contribution in [1.29, 1.82) is 0 Å². The van der Waals surface area contributed by atoms with Crippen molar-refractivity contribution in [3.05, 3.63) is 63.3 Å². The fourth-order valence-electron chi connectivity index (χ4n) is 3.57. The zero-order valence-corrected chi connectivity index (χ0v) is 18.2. The summed E-state index contributed by atoms with van der Waals surface area (Å²) in [5, 5.41) is 3.95. The summed E-state index contributed by atoms with van der Waals surface area (Å²) in [5.41, 5.74) is 0.829. The van der Waals surface area contributed by atoms with Crippen LogP contribution in [0.15, 0.2) is 30.5 Å². The number of likely N-dealkylation sites (tertiary alicyclic amines) is 1. The number of thiazole rings is 1. The summed E-state index contributed by atoms with van der Waals surface area (Å²) < 4.78 is 14.3. The SMILES string of the molecule is Cc1cc(Nc2ncc(C)s2)nc(C2CCCN(C(=O)c3cccc(Cl)c3F)C2)n1. The Hall–Kier alpha value is -2.58. The zero-order valence-electron chi connectivity index (χ0n) is 16.7. The Balaban J connectivity index is 1.54. The number of rotatable bonds is 4. The Morgan fingerprint density at radius 1 is 1.33 bits per heavy atom. The number of nitrogens with zero attached hydrogens (tertiary/aromatic N) is 4. The minimum absolute atomic E-state index is 0.00481. The van der Waals surface area contributed by atoms with Crippen molar-refractivity contribution in [1.82, 2.24) is 19.9 Å². The van der Waals surface area contributed by atoms with Crippen LogP contribution in [0, 0.1) is 19.7 Å². The van der Waals surface area contributed by atoms with Crippen molar-refractivity contribution < 1.29 is 9.18 Å². The predicted molar refractivity (Wildman–Crippen MR) is 116 cm³/mol. The van der Waals surface area contributed by atoms with Crippen LogP contribution < -0.4 is 5.32 Å². The second-order valence-corrected chi connectivity index (χ2v) is 8.99. The highest BCUT2D eigenvalue weighted by Gasteiger charge is 2.29. The number of anilines is 2. The van der Waals surface area contributed by atoms with E-state index in [4.69, 9.17) is 11.6 Å². The number of piperidine rings is 1. The molecule has 0 aliphatic carbocycles. The molecule has 1 atom stereocenters. The molecule has 6 nitrogen and oxygen atoms in total. The van der Waals surface area contributed by atoms with Crippen molar-refractivity contribution in [3.63, 3.8) is 0 Å². The van der Waals surface area contributed by atoms with E-state index in [0.29, 0.717) is 24.7 Å². The fourth-order valence-corrected chi connectivity index (χ4v) is 4.42. The minimum Gasteiger partial charge on any atom is -0.338 e. The minimum atomic E-state index is -0.677. The lowest BCUT2D eigenvalue weighted by Gasteiger charge is -2.32. The maximum absolute atomic E-state index is 14.3. The molecule has 2 aromatic heterocycles. The van der Waals surface area contributed by atoms with Crippen LogP contribution in [0.3, 0.4) is 0 Å².